The number of halogens is 2. The van der Waals surface area contributed by atoms with E-state index in [0.29, 0.717) is 36.3 Å². The van der Waals surface area contributed by atoms with E-state index >= 15 is 0 Å². The Hall–Kier alpha value is -2.81. The second-order valence-corrected chi connectivity index (χ2v) is 11.0. The maximum absolute atomic E-state index is 13.8. The number of anilines is 1. The third-order valence-electron chi connectivity index (χ3n) is 7.87. The first kappa shape index (κ1) is 24.9. The summed E-state index contributed by atoms with van der Waals surface area (Å²) < 4.78 is 39.5. The molecule has 0 aromatic carbocycles. The summed E-state index contributed by atoms with van der Waals surface area (Å²) in [6, 6.07) is 5.54. The van der Waals surface area contributed by atoms with Crippen molar-refractivity contribution in [1.82, 2.24) is 20.5 Å². The van der Waals surface area contributed by atoms with Crippen molar-refractivity contribution in [1.29, 1.82) is 0 Å². The molecule has 7 nitrogen and oxygen atoms in total. The van der Waals surface area contributed by atoms with Crippen molar-refractivity contribution < 1.29 is 18.3 Å². The summed E-state index contributed by atoms with van der Waals surface area (Å²) >= 11 is 0. The number of nitrogens with zero attached hydrogens (tertiary/aromatic N) is 4. The largest absolute Gasteiger partial charge is 0.467 e. The molecule has 194 valence electrons. The zero-order chi connectivity index (χ0) is 25.7. The van der Waals surface area contributed by atoms with Crippen LogP contribution in [0.2, 0.25) is 0 Å². The Labute approximate surface area is 211 Å². The summed E-state index contributed by atoms with van der Waals surface area (Å²) in [4.78, 5) is 6.18. The van der Waals surface area contributed by atoms with E-state index in [1.807, 2.05) is 0 Å². The minimum absolute atomic E-state index is 0.123. The van der Waals surface area contributed by atoms with Gasteiger partial charge in [-0.2, -0.15) is 13.9 Å². The van der Waals surface area contributed by atoms with Gasteiger partial charge in [0, 0.05) is 42.9 Å². The van der Waals surface area contributed by atoms with E-state index in [4.69, 9.17) is 9.47 Å². The van der Waals surface area contributed by atoms with Gasteiger partial charge in [-0.05, 0) is 57.2 Å². The second kappa shape index (κ2) is 9.25. The summed E-state index contributed by atoms with van der Waals surface area (Å²) in [5, 5.41) is 12.6. The fourth-order valence-corrected chi connectivity index (χ4v) is 5.68. The number of hydrogen-bond donors (Lipinski definition) is 1. The highest BCUT2D eigenvalue weighted by atomic mass is 19.3. The molecule has 36 heavy (non-hydrogen) atoms. The minimum atomic E-state index is -2.99. The monoisotopic (exact) mass is 499 g/mol. The van der Waals surface area contributed by atoms with E-state index in [9.17, 15) is 8.78 Å². The number of aromatic nitrogens is 3. The molecule has 3 aliphatic rings. The number of morpholine rings is 1. The van der Waals surface area contributed by atoms with Gasteiger partial charge in [-0.25, -0.2) is 0 Å². The van der Waals surface area contributed by atoms with Crippen molar-refractivity contribution in [3.63, 3.8) is 0 Å². The van der Waals surface area contributed by atoms with Crippen LogP contribution in [-0.2, 0) is 10.7 Å². The van der Waals surface area contributed by atoms with Crippen molar-refractivity contribution in [2.45, 2.75) is 76.5 Å². The SMILES string of the molecule is C=C(NC1CCC(C)C(c2cc3c(nn2)OC(C)(C)C2COCCN32)C1)c1ccnc(C(C)(F)F)c1. The molecule has 2 aromatic heterocycles. The van der Waals surface area contributed by atoms with Crippen molar-refractivity contribution in [2.75, 3.05) is 24.7 Å². The van der Waals surface area contributed by atoms with E-state index in [0.717, 1.165) is 44.1 Å². The number of fused-ring (bicyclic) bond motifs is 3. The van der Waals surface area contributed by atoms with Crippen molar-refractivity contribution >= 4 is 11.4 Å². The van der Waals surface area contributed by atoms with Gasteiger partial charge in [-0.15, -0.1) is 5.10 Å². The average Bonchev–Trinajstić information content (AvgIpc) is 2.84. The van der Waals surface area contributed by atoms with Crippen LogP contribution in [0.25, 0.3) is 5.70 Å². The highest BCUT2D eigenvalue weighted by Crippen LogP contribution is 2.43. The Morgan fingerprint density at radius 3 is 2.83 bits per heavy atom. The van der Waals surface area contributed by atoms with Gasteiger partial charge in [0.25, 0.3) is 11.8 Å². The van der Waals surface area contributed by atoms with Gasteiger partial charge in [-0.1, -0.05) is 13.5 Å². The molecule has 0 spiro atoms. The number of alkyl halides is 2. The van der Waals surface area contributed by atoms with Crippen LogP contribution in [0.1, 0.15) is 69.8 Å². The lowest BCUT2D eigenvalue weighted by Gasteiger charge is -2.49. The summed E-state index contributed by atoms with van der Waals surface area (Å²) in [6.07, 6.45) is 4.26. The van der Waals surface area contributed by atoms with Crippen LogP contribution in [0.15, 0.2) is 31.0 Å². The first-order chi connectivity index (χ1) is 17.0. The molecule has 1 saturated carbocycles. The molecule has 1 saturated heterocycles. The van der Waals surface area contributed by atoms with Crippen molar-refractivity contribution in [2.24, 2.45) is 5.92 Å². The first-order valence-electron chi connectivity index (χ1n) is 12.7. The Morgan fingerprint density at radius 1 is 1.25 bits per heavy atom. The number of nitrogens with one attached hydrogen (secondary N) is 1. The molecule has 0 bridgehead atoms. The topological polar surface area (TPSA) is 72.4 Å². The van der Waals surface area contributed by atoms with Gasteiger partial charge in [0.1, 0.15) is 17.0 Å². The molecule has 4 heterocycles. The zero-order valence-corrected chi connectivity index (χ0v) is 21.4. The normalized spacial score (nSPS) is 27.4. The molecule has 2 aliphatic heterocycles. The van der Waals surface area contributed by atoms with E-state index in [-0.39, 0.29) is 23.7 Å². The van der Waals surface area contributed by atoms with Crippen LogP contribution in [0.4, 0.5) is 14.5 Å². The van der Waals surface area contributed by atoms with Crippen LogP contribution >= 0.6 is 0 Å². The van der Waals surface area contributed by atoms with E-state index < -0.39 is 11.5 Å². The molecule has 5 rings (SSSR count). The van der Waals surface area contributed by atoms with Gasteiger partial charge >= 0.3 is 0 Å². The molecule has 1 N–H and O–H groups in total. The Kier molecular flexibility index (Phi) is 6.39. The summed E-state index contributed by atoms with van der Waals surface area (Å²) in [5.74, 6) is -1.76. The lowest BCUT2D eigenvalue weighted by atomic mass is 9.76. The fraction of sp³-hybridized carbons (Fsp3) is 0.593. The summed E-state index contributed by atoms with van der Waals surface area (Å²) in [7, 11) is 0. The molecule has 9 heteroatoms. The predicted octanol–water partition coefficient (Wildman–Crippen LogP) is 4.89. The number of hydrogen-bond acceptors (Lipinski definition) is 7. The molecule has 0 radical (unpaired) electrons. The molecule has 2 aromatic rings. The number of pyridine rings is 1. The third-order valence-corrected chi connectivity index (χ3v) is 7.87. The number of ether oxygens (including phenoxy) is 2. The maximum Gasteiger partial charge on any atom is 0.286 e. The zero-order valence-electron chi connectivity index (χ0n) is 21.4. The second-order valence-electron chi connectivity index (χ2n) is 11.0. The maximum atomic E-state index is 13.8. The smallest absolute Gasteiger partial charge is 0.286 e. The standard InChI is InChI=1S/C27H35F2N5O2/c1-16-6-7-19(31-17(2)18-8-9-30-23(12-18)27(5,28)29)13-20(16)21-14-22-25(33-32-21)36-26(3,4)24-15-35-11-10-34(22)24/h8-9,12,14,16,19-20,24,31H,2,6-7,10-11,13,15H2,1,3-5H3. The Morgan fingerprint density at radius 2 is 2.06 bits per heavy atom. The molecule has 2 fully saturated rings. The third kappa shape index (κ3) is 4.77. The van der Waals surface area contributed by atoms with Gasteiger partial charge in [0.2, 0.25) is 0 Å². The van der Waals surface area contributed by atoms with Crippen LogP contribution in [0.3, 0.4) is 0 Å². The molecular weight excluding hydrogens is 464 g/mol. The first-order valence-corrected chi connectivity index (χ1v) is 12.7. The summed E-state index contributed by atoms with van der Waals surface area (Å²) in [5.41, 5.74) is 2.54. The lowest BCUT2D eigenvalue weighted by Crippen LogP contribution is -2.61. The molecule has 4 unspecified atom stereocenters. The minimum Gasteiger partial charge on any atom is -0.467 e. The van der Waals surface area contributed by atoms with Crippen LogP contribution in [0, 0.1) is 5.92 Å². The highest BCUT2D eigenvalue weighted by molar-refractivity contribution is 5.62. The van der Waals surface area contributed by atoms with Crippen molar-refractivity contribution in [3.8, 4) is 5.88 Å². The van der Waals surface area contributed by atoms with Crippen LogP contribution in [-0.4, -0.2) is 52.6 Å². The Bertz CT molecular complexity index is 1140. The summed E-state index contributed by atoms with van der Waals surface area (Å²) in [6.45, 7) is 13.5. The quantitative estimate of drug-likeness (QED) is 0.628. The molecular formula is C27H35F2N5O2. The van der Waals surface area contributed by atoms with Crippen LogP contribution in [0.5, 0.6) is 5.88 Å². The Balaban J connectivity index is 1.34. The lowest BCUT2D eigenvalue weighted by molar-refractivity contribution is -0.0108. The predicted molar refractivity (Wildman–Crippen MR) is 134 cm³/mol. The fourth-order valence-electron chi connectivity index (χ4n) is 5.68. The molecule has 0 amide bonds. The van der Waals surface area contributed by atoms with E-state index in [2.05, 4.69) is 58.8 Å². The van der Waals surface area contributed by atoms with Crippen molar-refractivity contribution in [3.05, 3.63) is 47.9 Å². The van der Waals surface area contributed by atoms with E-state index in [1.165, 1.54) is 12.3 Å². The average molecular weight is 500 g/mol. The highest BCUT2D eigenvalue weighted by Gasteiger charge is 2.45. The van der Waals surface area contributed by atoms with Crippen LogP contribution < -0.4 is 15.0 Å². The molecule has 1 aliphatic carbocycles. The van der Waals surface area contributed by atoms with Gasteiger partial charge in [0.05, 0.1) is 24.9 Å². The van der Waals surface area contributed by atoms with Gasteiger partial charge in [0.15, 0.2) is 0 Å². The van der Waals surface area contributed by atoms with Gasteiger partial charge in [-0.3, -0.25) is 4.98 Å². The molecule has 4 atom stereocenters. The van der Waals surface area contributed by atoms with E-state index in [1.54, 1.807) is 6.07 Å². The van der Waals surface area contributed by atoms with Gasteiger partial charge < -0.3 is 19.7 Å². The number of rotatable bonds is 5.